The summed E-state index contributed by atoms with van der Waals surface area (Å²) in [6.45, 7) is 0.292. The third kappa shape index (κ3) is 3.65. The first-order valence-electron chi connectivity index (χ1n) is 5.38. The minimum absolute atomic E-state index is 0.0694. The Labute approximate surface area is 107 Å². The van der Waals surface area contributed by atoms with Gasteiger partial charge in [-0.05, 0) is 18.6 Å². The van der Waals surface area contributed by atoms with Crippen LogP contribution in [0.2, 0.25) is 0 Å². The van der Waals surface area contributed by atoms with E-state index in [1.807, 2.05) is 0 Å². The van der Waals surface area contributed by atoms with Crippen LogP contribution in [-0.4, -0.2) is 22.1 Å². The molecule has 0 atom stereocenters. The predicted molar refractivity (Wildman–Crippen MR) is 70.7 cm³/mol. The molecule has 1 aromatic carbocycles. The van der Waals surface area contributed by atoms with E-state index in [4.69, 9.17) is 16.9 Å². The molecule has 3 N–H and O–H groups in total. The van der Waals surface area contributed by atoms with Crippen LogP contribution >= 0.6 is 0 Å². The summed E-state index contributed by atoms with van der Waals surface area (Å²) in [7, 11) is -2.20. The molecule has 0 heterocycles. The maximum absolute atomic E-state index is 12.0. The fourth-order valence-electron chi connectivity index (χ4n) is 1.38. The van der Waals surface area contributed by atoms with Crippen LogP contribution in [0, 0.1) is 12.3 Å². The molecule has 0 fully saturated rings. The van der Waals surface area contributed by atoms with Gasteiger partial charge in [0.25, 0.3) is 0 Å². The smallest absolute Gasteiger partial charge is 0.244 e. The standard InChI is InChI=1S/C12H16N2O3S/c1-3-4-5-8-14-18(15,16)12-7-6-10(13)9-11(12)17-2/h1,6-7,9,14H,4-5,8,13H2,2H3. The van der Waals surface area contributed by atoms with E-state index >= 15 is 0 Å². The predicted octanol–water partition coefficient (Wildman–Crippen LogP) is 0.969. The van der Waals surface area contributed by atoms with Crippen LogP contribution in [0.4, 0.5) is 5.69 Å². The third-order valence-corrected chi connectivity index (χ3v) is 3.77. The first-order chi connectivity index (χ1) is 8.51. The molecule has 5 nitrogen and oxygen atoms in total. The van der Waals surface area contributed by atoms with Crippen molar-refractivity contribution in [3.05, 3.63) is 18.2 Å². The fourth-order valence-corrected chi connectivity index (χ4v) is 2.60. The monoisotopic (exact) mass is 268 g/mol. The number of unbranched alkanes of at least 4 members (excludes halogenated alkanes) is 1. The van der Waals surface area contributed by atoms with Gasteiger partial charge < -0.3 is 10.5 Å². The Morgan fingerprint density at radius 1 is 1.50 bits per heavy atom. The number of hydrogen-bond acceptors (Lipinski definition) is 4. The van der Waals surface area contributed by atoms with E-state index in [0.717, 1.165) is 0 Å². The molecule has 0 aliphatic heterocycles. The largest absolute Gasteiger partial charge is 0.495 e. The van der Waals surface area contributed by atoms with Gasteiger partial charge >= 0.3 is 0 Å². The Bertz CT molecular complexity index is 547. The molecular weight excluding hydrogens is 252 g/mol. The van der Waals surface area contributed by atoms with E-state index in [0.29, 0.717) is 25.1 Å². The highest BCUT2D eigenvalue weighted by Gasteiger charge is 2.18. The summed E-state index contributed by atoms with van der Waals surface area (Å²) >= 11 is 0. The Morgan fingerprint density at radius 2 is 2.22 bits per heavy atom. The second kappa shape index (κ2) is 6.28. The van der Waals surface area contributed by atoms with Crippen LogP contribution in [-0.2, 0) is 10.0 Å². The van der Waals surface area contributed by atoms with Gasteiger partial charge in [0.15, 0.2) is 0 Å². The number of nitrogens with two attached hydrogens (primary N) is 1. The number of rotatable bonds is 6. The van der Waals surface area contributed by atoms with Crippen molar-refractivity contribution in [2.24, 2.45) is 0 Å². The number of hydrogen-bond donors (Lipinski definition) is 2. The van der Waals surface area contributed by atoms with E-state index in [9.17, 15) is 8.42 Å². The molecule has 0 saturated heterocycles. The lowest BCUT2D eigenvalue weighted by Crippen LogP contribution is -2.25. The van der Waals surface area contributed by atoms with Gasteiger partial charge in [0.05, 0.1) is 7.11 Å². The average molecular weight is 268 g/mol. The number of terminal acetylenes is 1. The highest BCUT2D eigenvalue weighted by molar-refractivity contribution is 7.89. The topological polar surface area (TPSA) is 81.4 Å². The molecule has 0 radical (unpaired) electrons. The van der Waals surface area contributed by atoms with Gasteiger partial charge in [0.1, 0.15) is 10.6 Å². The molecule has 6 heteroatoms. The van der Waals surface area contributed by atoms with Gasteiger partial charge in [-0.25, -0.2) is 13.1 Å². The third-order valence-electron chi connectivity index (χ3n) is 2.27. The zero-order valence-corrected chi connectivity index (χ0v) is 11.0. The molecule has 0 spiro atoms. The first-order valence-corrected chi connectivity index (χ1v) is 6.86. The summed E-state index contributed by atoms with van der Waals surface area (Å²) in [4.78, 5) is 0.0694. The SMILES string of the molecule is C#CCCCNS(=O)(=O)c1ccc(N)cc1OC. The number of benzene rings is 1. The van der Waals surface area contributed by atoms with Crippen molar-refractivity contribution in [3.8, 4) is 18.1 Å². The van der Waals surface area contributed by atoms with Crippen LogP contribution in [0.1, 0.15) is 12.8 Å². The minimum Gasteiger partial charge on any atom is -0.495 e. The van der Waals surface area contributed by atoms with Gasteiger partial charge in [-0.2, -0.15) is 0 Å². The van der Waals surface area contributed by atoms with Gasteiger partial charge in [-0.1, -0.05) is 0 Å². The molecule has 18 heavy (non-hydrogen) atoms. The molecule has 0 aliphatic rings. The lowest BCUT2D eigenvalue weighted by atomic mass is 10.3. The molecule has 0 bridgehead atoms. The maximum Gasteiger partial charge on any atom is 0.244 e. The van der Waals surface area contributed by atoms with Crippen molar-refractivity contribution < 1.29 is 13.2 Å². The number of nitrogens with one attached hydrogen (secondary N) is 1. The molecule has 0 unspecified atom stereocenters. The molecule has 1 aromatic rings. The van der Waals surface area contributed by atoms with E-state index in [-0.39, 0.29) is 10.6 Å². The second-order valence-corrected chi connectivity index (χ2v) is 5.35. The Morgan fingerprint density at radius 3 is 2.83 bits per heavy atom. The molecule has 1 rings (SSSR count). The van der Waals surface area contributed by atoms with Crippen molar-refractivity contribution in [3.63, 3.8) is 0 Å². The van der Waals surface area contributed by atoms with Crippen molar-refractivity contribution >= 4 is 15.7 Å². The maximum atomic E-state index is 12.0. The van der Waals surface area contributed by atoms with E-state index in [1.54, 1.807) is 0 Å². The average Bonchev–Trinajstić information content (AvgIpc) is 2.34. The number of anilines is 1. The number of nitrogen functional groups attached to an aromatic ring is 1. The number of methoxy groups -OCH3 is 1. The normalized spacial score (nSPS) is 10.9. The Kier molecular flexibility index (Phi) is 5.01. The zero-order chi connectivity index (χ0) is 13.6. The van der Waals surface area contributed by atoms with Crippen molar-refractivity contribution in [2.45, 2.75) is 17.7 Å². The summed E-state index contributed by atoms with van der Waals surface area (Å²) in [5.74, 6) is 2.67. The Hall–Kier alpha value is -1.71. The van der Waals surface area contributed by atoms with Crippen molar-refractivity contribution in [1.82, 2.24) is 4.72 Å². The van der Waals surface area contributed by atoms with Gasteiger partial charge in [-0.3, -0.25) is 0 Å². The molecule has 0 aromatic heterocycles. The van der Waals surface area contributed by atoms with Crippen LogP contribution in [0.15, 0.2) is 23.1 Å². The van der Waals surface area contributed by atoms with E-state index in [2.05, 4.69) is 10.6 Å². The van der Waals surface area contributed by atoms with Gasteiger partial charge in [-0.15, -0.1) is 12.3 Å². The molecule has 98 valence electrons. The van der Waals surface area contributed by atoms with E-state index < -0.39 is 10.0 Å². The summed E-state index contributed by atoms with van der Waals surface area (Å²) in [5.41, 5.74) is 6.01. The van der Waals surface area contributed by atoms with E-state index in [1.165, 1.54) is 25.3 Å². The quantitative estimate of drug-likeness (QED) is 0.457. The van der Waals surface area contributed by atoms with Crippen LogP contribution in [0.25, 0.3) is 0 Å². The van der Waals surface area contributed by atoms with Crippen LogP contribution in [0.3, 0.4) is 0 Å². The molecule has 0 amide bonds. The highest BCUT2D eigenvalue weighted by Crippen LogP contribution is 2.25. The second-order valence-electron chi connectivity index (χ2n) is 3.62. The zero-order valence-electron chi connectivity index (χ0n) is 10.1. The molecule has 0 aliphatic carbocycles. The Balaban J connectivity index is 2.88. The van der Waals surface area contributed by atoms with Gasteiger partial charge in [0, 0.05) is 24.7 Å². The van der Waals surface area contributed by atoms with Crippen molar-refractivity contribution in [1.29, 1.82) is 0 Å². The molecular formula is C12H16N2O3S. The number of ether oxygens (including phenoxy) is 1. The van der Waals surface area contributed by atoms with Crippen LogP contribution < -0.4 is 15.2 Å². The van der Waals surface area contributed by atoms with Gasteiger partial charge in [0.2, 0.25) is 10.0 Å². The number of sulfonamides is 1. The summed E-state index contributed by atoms with van der Waals surface area (Å²) < 4.78 is 31.5. The summed E-state index contributed by atoms with van der Waals surface area (Å²) in [6, 6.07) is 4.40. The fraction of sp³-hybridized carbons (Fsp3) is 0.333. The molecule has 0 saturated carbocycles. The lowest BCUT2D eigenvalue weighted by Gasteiger charge is -2.10. The lowest BCUT2D eigenvalue weighted by molar-refractivity contribution is 0.402. The van der Waals surface area contributed by atoms with Crippen LogP contribution in [0.5, 0.6) is 5.75 Å². The first kappa shape index (κ1) is 14.4. The minimum atomic E-state index is -3.60. The highest BCUT2D eigenvalue weighted by atomic mass is 32.2. The summed E-state index contributed by atoms with van der Waals surface area (Å²) in [6.07, 6.45) is 6.21. The summed E-state index contributed by atoms with van der Waals surface area (Å²) in [5, 5.41) is 0. The van der Waals surface area contributed by atoms with Crippen molar-refractivity contribution in [2.75, 3.05) is 19.4 Å².